The lowest BCUT2D eigenvalue weighted by atomic mass is 9.89. The number of aromatic nitrogens is 3. The van der Waals surface area contributed by atoms with Crippen LogP contribution < -0.4 is 5.32 Å². The van der Waals surface area contributed by atoms with E-state index >= 15 is 0 Å². The molecule has 5 rings (SSSR count). The van der Waals surface area contributed by atoms with Gasteiger partial charge in [-0.05, 0) is 48.3 Å². The van der Waals surface area contributed by atoms with Crippen LogP contribution in [0.5, 0.6) is 0 Å². The van der Waals surface area contributed by atoms with E-state index in [0.29, 0.717) is 25.9 Å². The molecule has 4 heterocycles. The molecule has 1 aliphatic carbocycles. The number of thiophene rings is 2. The summed E-state index contributed by atoms with van der Waals surface area (Å²) in [5.74, 6) is -0.331. The third-order valence-corrected chi connectivity index (χ3v) is 8.07. The maximum absolute atomic E-state index is 13.8. The highest BCUT2D eigenvalue weighted by atomic mass is 35.5. The van der Waals surface area contributed by atoms with Crippen molar-refractivity contribution in [2.24, 2.45) is 5.92 Å². The Morgan fingerprint density at radius 3 is 2.88 bits per heavy atom. The summed E-state index contributed by atoms with van der Waals surface area (Å²) in [7, 11) is 0. The predicted octanol–water partition coefficient (Wildman–Crippen LogP) is 6.44. The maximum atomic E-state index is 13.8. The molecular weight excluding hydrogens is 507 g/mol. The van der Waals surface area contributed by atoms with Gasteiger partial charge in [-0.2, -0.15) is 23.5 Å². The topological polar surface area (TPSA) is 83.1 Å². The summed E-state index contributed by atoms with van der Waals surface area (Å²) < 4.78 is 42.0. The molecule has 1 atom stereocenters. The Kier molecular flexibility index (Phi) is 5.62. The smallest absolute Gasteiger partial charge is 0.311 e. The third-order valence-electron chi connectivity index (χ3n) is 5.66. The predicted molar refractivity (Wildman–Crippen MR) is 124 cm³/mol. The number of nitrogens with zero attached hydrogens (tertiary/aromatic N) is 4. The van der Waals surface area contributed by atoms with E-state index in [0.717, 1.165) is 35.8 Å². The molecule has 0 saturated heterocycles. The zero-order valence-corrected chi connectivity index (χ0v) is 19.9. The summed E-state index contributed by atoms with van der Waals surface area (Å²) >= 11 is 8.87. The first-order valence-electron chi connectivity index (χ1n) is 10.2. The SMILES string of the molecule is C[C@@H]1CCc2c(sc(NC(=O)c3nn4c(C(F)(F)F)cc(-c5cccs5)nc4c3Cl)c2C#N)C1. The highest BCUT2D eigenvalue weighted by molar-refractivity contribution is 7.16. The van der Waals surface area contributed by atoms with E-state index in [2.05, 4.69) is 28.4 Å². The minimum atomic E-state index is -4.76. The summed E-state index contributed by atoms with van der Waals surface area (Å²) in [4.78, 5) is 18.8. The Morgan fingerprint density at radius 1 is 1.41 bits per heavy atom. The van der Waals surface area contributed by atoms with Crippen LogP contribution in [-0.2, 0) is 19.0 Å². The van der Waals surface area contributed by atoms with Crippen molar-refractivity contribution >= 4 is 50.8 Å². The molecule has 0 bridgehead atoms. The minimum Gasteiger partial charge on any atom is -0.311 e. The summed E-state index contributed by atoms with van der Waals surface area (Å²) in [6.07, 6.45) is -2.26. The zero-order chi connectivity index (χ0) is 24.2. The molecule has 4 aromatic rings. The van der Waals surface area contributed by atoms with Crippen molar-refractivity contribution < 1.29 is 18.0 Å². The number of halogens is 4. The molecule has 174 valence electrons. The molecule has 0 radical (unpaired) electrons. The molecule has 0 fully saturated rings. The fraction of sp³-hybridized carbons (Fsp3) is 0.273. The molecule has 0 aromatic carbocycles. The van der Waals surface area contributed by atoms with Gasteiger partial charge in [0.25, 0.3) is 5.91 Å². The highest BCUT2D eigenvalue weighted by Crippen LogP contribution is 2.40. The van der Waals surface area contributed by atoms with E-state index in [1.807, 2.05) is 0 Å². The first-order valence-corrected chi connectivity index (χ1v) is 12.3. The van der Waals surface area contributed by atoms with E-state index in [-0.39, 0.29) is 16.4 Å². The van der Waals surface area contributed by atoms with Crippen LogP contribution in [0.15, 0.2) is 23.6 Å². The second kappa shape index (κ2) is 8.37. The Balaban J connectivity index is 1.58. The molecule has 0 aliphatic heterocycles. The second-order valence-electron chi connectivity index (χ2n) is 8.02. The molecule has 0 spiro atoms. The summed E-state index contributed by atoms with van der Waals surface area (Å²) in [5.41, 5.74) is -0.384. The lowest BCUT2D eigenvalue weighted by Crippen LogP contribution is -2.15. The van der Waals surface area contributed by atoms with Gasteiger partial charge in [-0.15, -0.1) is 22.7 Å². The quantitative estimate of drug-likeness (QED) is 0.336. The monoisotopic (exact) mass is 521 g/mol. The van der Waals surface area contributed by atoms with Gasteiger partial charge in [0.05, 0.1) is 16.1 Å². The van der Waals surface area contributed by atoms with Crippen molar-refractivity contribution in [3.63, 3.8) is 0 Å². The number of nitriles is 1. The second-order valence-corrected chi connectivity index (χ2v) is 10.5. The van der Waals surface area contributed by atoms with Crippen LogP contribution >= 0.6 is 34.3 Å². The van der Waals surface area contributed by atoms with Gasteiger partial charge in [0, 0.05) is 4.88 Å². The lowest BCUT2D eigenvalue weighted by molar-refractivity contribution is -0.142. The number of carbonyl (C=O) groups excluding carboxylic acids is 1. The van der Waals surface area contributed by atoms with Gasteiger partial charge in [-0.25, -0.2) is 9.50 Å². The van der Waals surface area contributed by atoms with Gasteiger partial charge in [0.1, 0.15) is 16.1 Å². The lowest BCUT2D eigenvalue weighted by Gasteiger charge is -2.17. The molecule has 1 N–H and O–H groups in total. The average Bonchev–Trinajstić information content (AvgIpc) is 3.50. The van der Waals surface area contributed by atoms with Crippen molar-refractivity contribution in [2.45, 2.75) is 32.4 Å². The van der Waals surface area contributed by atoms with Gasteiger partial charge in [0.2, 0.25) is 0 Å². The number of hydrogen-bond acceptors (Lipinski definition) is 6. The van der Waals surface area contributed by atoms with E-state index < -0.39 is 23.5 Å². The van der Waals surface area contributed by atoms with Crippen LogP contribution in [0.4, 0.5) is 18.2 Å². The molecule has 4 aromatic heterocycles. The van der Waals surface area contributed by atoms with Crippen LogP contribution in [-0.4, -0.2) is 20.5 Å². The normalized spacial score (nSPS) is 15.8. The number of alkyl halides is 3. The number of nitrogens with one attached hydrogen (secondary N) is 1. The average molecular weight is 522 g/mol. The third kappa shape index (κ3) is 3.85. The van der Waals surface area contributed by atoms with Crippen LogP contribution in [0.3, 0.4) is 0 Å². The Bertz CT molecular complexity index is 1470. The molecule has 1 amide bonds. The fourth-order valence-corrected chi connectivity index (χ4v) is 6.30. The number of rotatable bonds is 3. The van der Waals surface area contributed by atoms with Crippen molar-refractivity contribution in [2.75, 3.05) is 5.32 Å². The van der Waals surface area contributed by atoms with Gasteiger partial charge >= 0.3 is 6.18 Å². The van der Waals surface area contributed by atoms with Crippen molar-refractivity contribution in [3.05, 3.63) is 56.0 Å². The van der Waals surface area contributed by atoms with Gasteiger partial charge < -0.3 is 5.32 Å². The van der Waals surface area contributed by atoms with Gasteiger partial charge in [0.15, 0.2) is 17.0 Å². The number of carbonyl (C=O) groups is 1. The minimum absolute atomic E-state index is 0.0791. The van der Waals surface area contributed by atoms with Gasteiger partial charge in [-0.1, -0.05) is 24.6 Å². The van der Waals surface area contributed by atoms with Crippen LogP contribution in [0.2, 0.25) is 5.02 Å². The van der Waals surface area contributed by atoms with Gasteiger partial charge in [-0.3, -0.25) is 4.79 Å². The molecule has 6 nitrogen and oxygen atoms in total. The van der Waals surface area contributed by atoms with E-state index in [4.69, 9.17) is 11.6 Å². The van der Waals surface area contributed by atoms with Crippen LogP contribution in [0.1, 0.15) is 45.5 Å². The fourth-order valence-electron chi connectivity index (χ4n) is 4.01. The molecule has 34 heavy (non-hydrogen) atoms. The van der Waals surface area contributed by atoms with Crippen molar-refractivity contribution in [3.8, 4) is 16.6 Å². The number of fused-ring (bicyclic) bond motifs is 2. The van der Waals surface area contributed by atoms with E-state index in [1.165, 1.54) is 22.7 Å². The Hall–Kier alpha value is -2.94. The van der Waals surface area contributed by atoms with E-state index in [9.17, 15) is 23.2 Å². The largest absolute Gasteiger partial charge is 0.433 e. The maximum Gasteiger partial charge on any atom is 0.433 e. The van der Waals surface area contributed by atoms with Crippen LogP contribution in [0, 0.1) is 17.2 Å². The molecule has 0 unspecified atom stereocenters. The Morgan fingerprint density at radius 2 is 2.21 bits per heavy atom. The first kappa shape index (κ1) is 22.8. The summed E-state index contributed by atoms with van der Waals surface area (Å²) in [6.45, 7) is 2.12. The van der Waals surface area contributed by atoms with Crippen molar-refractivity contribution in [1.82, 2.24) is 14.6 Å². The Labute approximate surface area is 204 Å². The number of hydrogen-bond donors (Lipinski definition) is 1. The first-order chi connectivity index (χ1) is 16.2. The highest BCUT2D eigenvalue weighted by Gasteiger charge is 2.37. The number of amides is 1. The molecule has 1 aliphatic rings. The van der Waals surface area contributed by atoms with Crippen molar-refractivity contribution in [1.29, 1.82) is 5.26 Å². The standard InChI is InChI=1S/C22H15ClF3N5OS2/c1-10-4-5-11-12(9-27)21(34-15(11)7-10)29-20(32)18-17(23)19-28-13(14-3-2-6-33-14)8-16(22(24,25)26)31(19)30-18/h2-3,6,8,10H,4-5,7H2,1H3,(H,29,32)/t10-/m1/s1. The van der Waals surface area contributed by atoms with Crippen LogP contribution in [0.25, 0.3) is 16.2 Å². The molecular formula is C22H15ClF3N5OS2. The summed E-state index contributed by atoms with van der Waals surface area (Å²) in [6, 6.07) is 6.37. The number of anilines is 1. The molecule has 12 heteroatoms. The zero-order valence-electron chi connectivity index (χ0n) is 17.5. The molecule has 0 saturated carbocycles. The van der Waals surface area contributed by atoms with E-state index in [1.54, 1.807) is 17.5 Å². The summed E-state index contributed by atoms with van der Waals surface area (Å²) in [5, 5.41) is 17.9.